The molecule has 0 aliphatic heterocycles. The summed E-state index contributed by atoms with van der Waals surface area (Å²) < 4.78 is 5.97. The summed E-state index contributed by atoms with van der Waals surface area (Å²) in [6.45, 7) is 5.16. The van der Waals surface area contributed by atoms with Crippen molar-refractivity contribution in [2.24, 2.45) is 5.41 Å². The van der Waals surface area contributed by atoms with Gasteiger partial charge in [-0.05, 0) is 43.2 Å². The van der Waals surface area contributed by atoms with Gasteiger partial charge in [-0.2, -0.15) is 0 Å². The van der Waals surface area contributed by atoms with Crippen LogP contribution < -0.4 is 5.32 Å². The van der Waals surface area contributed by atoms with E-state index in [9.17, 15) is 0 Å². The fourth-order valence-electron chi connectivity index (χ4n) is 2.46. The molecular weight excluding hydrogens is 260 g/mol. The van der Waals surface area contributed by atoms with E-state index in [-0.39, 0.29) is 0 Å². The standard InChI is InChI=1S/C15H23ClN2O/c1-15(2)8-6-11(7-9-15)19-10-13-12(16)4-5-14(17-3)18-13/h4-5,11H,6-10H2,1-3H3,(H,17,18). The third-order valence-corrected chi connectivity index (χ3v) is 4.26. The Labute approximate surface area is 120 Å². The molecule has 0 spiro atoms. The summed E-state index contributed by atoms with van der Waals surface area (Å²) in [6.07, 6.45) is 5.08. The minimum absolute atomic E-state index is 0.351. The molecule has 2 rings (SSSR count). The van der Waals surface area contributed by atoms with Gasteiger partial charge in [0.2, 0.25) is 0 Å². The van der Waals surface area contributed by atoms with Crippen molar-refractivity contribution in [3.63, 3.8) is 0 Å². The second-order valence-corrected chi connectivity index (χ2v) is 6.46. The van der Waals surface area contributed by atoms with Crippen molar-refractivity contribution in [3.05, 3.63) is 22.8 Å². The number of aromatic nitrogens is 1. The molecule has 0 saturated heterocycles. The third-order valence-electron chi connectivity index (χ3n) is 3.92. The highest BCUT2D eigenvalue weighted by Crippen LogP contribution is 2.36. The molecule has 1 saturated carbocycles. The number of hydrogen-bond acceptors (Lipinski definition) is 3. The average molecular weight is 283 g/mol. The van der Waals surface area contributed by atoms with Crippen molar-refractivity contribution < 1.29 is 4.74 Å². The number of ether oxygens (including phenoxy) is 1. The molecule has 0 atom stereocenters. The smallest absolute Gasteiger partial charge is 0.126 e. The van der Waals surface area contributed by atoms with Gasteiger partial charge in [0.25, 0.3) is 0 Å². The van der Waals surface area contributed by atoms with Gasteiger partial charge in [0.1, 0.15) is 5.82 Å². The van der Waals surface area contributed by atoms with Gasteiger partial charge >= 0.3 is 0 Å². The highest BCUT2D eigenvalue weighted by atomic mass is 35.5. The van der Waals surface area contributed by atoms with Crippen molar-refractivity contribution in [1.29, 1.82) is 0 Å². The van der Waals surface area contributed by atoms with Gasteiger partial charge in [0.05, 0.1) is 23.4 Å². The normalized spacial score (nSPS) is 19.4. The summed E-state index contributed by atoms with van der Waals surface area (Å²) in [4.78, 5) is 4.44. The summed E-state index contributed by atoms with van der Waals surface area (Å²) >= 11 is 6.15. The van der Waals surface area contributed by atoms with Crippen LogP contribution >= 0.6 is 11.6 Å². The van der Waals surface area contributed by atoms with Crippen LogP contribution in [0.15, 0.2) is 12.1 Å². The Hall–Kier alpha value is -0.800. The maximum absolute atomic E-state index is 6.15. The topological polar surface area (TPSA) is 34.1 Å². The predicted molar refractivity (Wildman–Crippen MR) is 79.6 cm³/mol. The first-order chi connectivity index (χ1) is 9.00. The summed E-state index contributed by atoms with van der Waals surface area (Å²) in [5, 5.41) is 3.69. The third kappa shape index (κ3) is 4.08. The molecule has 19 heavy (non-hydrogen) atoms. The van der Waals surface area contributed by atoms with Crippen LogP contribution in [0.1, 0.15) is 45.2 Å². The lowest BCUT2D eigenvalue weighted by Gasteiger charge is -2.34. The molecule has 3 nitrogen and oxygen atoms in total. The van der Waals surface area contributed by atoms with Crippen LogP contribution in [0.4, 0.5) is 5.82 Å². The largest absolute Gasteiger partial charge is 0.373 e. The van der Waals surface area contributed by atoms with E-state index in [0.717, 1.165) is 24.4 Å². The van der Waals surface area contributed by atoms with E-state index in [1.54, 1.807) is 0 Å². The molecule has 1 fully saturated rings. The molecule has 0 unspecified atom stereocenters. The molecule has 1 aromatic heterocycles. The monoisotopic (exact) mass is 282 g/mol. The summed E-state index contributed by atoms with van der Waals surface area (Å²) in [6, 6.07) is 3.73. The van der Waals surface area contributed by atoms with Crippen molar-refractivity contribution in [2.75, 3.05) is 12.4 Å². The Morgan fingerprint density at radius 2 is 2.05 bits per heavy atom. The highest BCUT2D eigenvalue weighted by molar-refractivity contribution is 6.31. The van der Waals surface area contributed by atoms with E-state index in [2.05, 4.69) is 24.1 Å². The first kappa shape index (κ1) is 14.6. The van der Waals surface area contributed by atoms with Gasteiger partial charge < -0.3 is 10.1 Å². The molecule has 4 heteroatoms. The van der Waals surface area contributed by atoms with Gasteiger partial charge in [-0.3, -0.25) is 0 Å². The van der Waals surface area contributed by atoms with E-state index in [4.69, 9.17) is 16.3 Å². The van der Waals surface area contributed by atoms with Gasteiger partial charge in [-0.25, -0.2) is 4.98 Å². The Morgan fingerprint density at radius 3 is 2.68 bits per heavy atom. The van der Waals surface area contributed by atoms with Crippen LogP contribution in [-0.4, -0.2) is 18.1 Å². The maximum atomic E-state index is 6.15. The second kappa shape index (κ2) is 6.10. The number of hydrogen-bond donors (Lipinski definition) is 1. The summed E-state index contributed by atoms with van der Waals surface area (Å²) in [5.41, 5.74) is 1.29. The van der Waals surface area contributed by atoms with E-state index >= 15 is 0 Å². The molecule has 0 bridgehead atoms. The first-order valence-corrected chi connectivity index (χ1v) is 7.33. The Balaban J connectivity index is 1.89. The summed E-state index contributed by atoms with van der Waals surface area (Å²) in [7, 11) is 1.85. The zero-order valence-corrected chi connectivity index (χ0v) is 12.8. The lowest BCUT2D eigenvalue weighted by molar-refractivity contribution is -0.00680. The highest BCUT2D eigenvalue weighted by Gasteiger charge is 2.27. The van der Waals surface area contributed by atoms with Crippen molar-refractivity contribution >= 4 is 17.4 Å². The zero-order chi connectivity index (χ0) is 13.9. The molecule has 0 aromatic carbocycles. The van der Waals surface area contributed by atoms with Crippen LogP contribution in [0.25, 0.3) is 0 Å². The molecule has 106 valence electrons. The number of rotatable bonds is 4. The minimum Gasteiger partial charge on any atom is -0.373 e. The van der Waals surface area contributed by atoms with Gasteiger partial charge in [0.15, 0.2) is 0 Å². The molecular formula is C15H23ClN2O. The lowest BCUT2D eigenvalue weighted by Crippen LogP contribution is -2.26. The SMILES string of the molecule is CNc1ccc(Cl)c(COC2CCC(C)(C)CC2)n1. The molecule has 0 radical (unpaired) electrons. The number of nitrogens with zero attached hydrogens (tertiary/aromatic N) is 1. The number of anilines is 1. The Bertz CT molecular complexity index is 424. The second-order valence-electron chi connectivity index (χ2n) is 6.05. The quantitative estimate of drug-likeness (QED) is 0.896. The Kier molecular flexibility index (Phi) is 4.69. The van der Waals surface area contributed by atoms with Crippen LogP contribution in [0.2, 0.25) is 5.02 Å². The van der Waals surface area contributed by atoms with Gasteiger partial charge in [-0.15, -0.1) is 0 Å². The van der Waals surface area contributed by atoms with Gasteiger partial charge in [0, 0.05) is 7.05 Å². The number of nitrogens with one attached hydrogen (secondary N) is 1. The minimum atomic E-state index is 0.351. The fraction of sp³-hybridized carbons (Fsp3) is 0.667. The van der Waals surface area contributed by atoms with E-state index in [1.165, 1.54) is 12.8 Å². The molecule has 1 aliphatic rings. The van der Waals surface area contributed by atoms with Crippen LogP contribution in [0.5, 0.6) is 0 Å². The maximum Gasteiger partial charge on any atom is 0.126 e. The van der Waals surface area contributed by atoms with Crippen LogP contribution in [0, 0.1) is 5.41 Å². The number of pyridine rings is 1. The van der Waals surface area contributed by atoms with Crippen molar-refractivity contribution in [3.8, 4) is 0 Å². The first-order valence-electron chi connectivity index (χ1n) is 6.95. The predicted octanol–water partition coefficient (Wildman–Crippen LogP) is 4.26. The van der Waals surface area contributed by atoms with Crippen LogP contribution in [0.3, 0.4) is 0 Å². The fourth-order valence-corrected chi connectivity index (χ4v) is 2.62. The van der Waals surface area contributed by atoms with Crippen molar-refractivity contribution in [1.82, 2.24) is 4.98 Å². The Morgan fingerprint density at radius 1 is 1.37 bits per heavy atom. The molecule has 1 aromatic rings. The molecule has 1 heterocycles. The van der Waals surface area contributed by atoms with E-state index in [0.29, 0.717) is 23.1 Å². The lowest BCUT2D eigenvalue weighted by atomic mass is 9.76. The molecule has 0 amide bonds. The van der Waals surface area contributed by atoms with Crippen LogP contribution in [-0.2, 0) is 11.3 Å². The van der Waals surface area contributed by atoms with E-state index < -0.39 is 0 Å². The van der Waals surface area contributed by atoms with Gasteiger partial charge in [-0.1, -0.05) is 25.4 Å². The average Bonchev–Trinajstić information content (AvgIpc) is 2.39. The van der Waals surface area contributed by atoms with E-state index in [1.807, 2.05) is 19.2 Å². The summed E-state index contributed by atoms with van der Waals surface area (Å²) in [5.74, 6) is 0.827. The molecule has 1 N–H and O–H groups in total. The molecule has 1 aliphatic carbocycles. The van der Waals surface area contributed by atoms with Crippen molar-refractivity contribution in [2.45, 2.75) is 52.2 Å². The zero-order valence-electron chi connectivity index (χ0n) is 12.0. The number of halogens is 1.